The Balaban J connectivity index is 1.44. The van der Waals surface area contributed by atoms with E-state index in [0.29, 0.717) is 6.42 Å². The number of nitrogens with one attached hydrogen (secondary N) is 3. The van der Waals surface area contributed by atoms with E-state index in [-0.39, 0.29) is 5.91 Å². The largest absolute Gasteiger partial charge is 0.361 e. The van der Waals surface area contributed by atoms with Crippen LogP contribution in [-0.4, -0.2) is 15.9 Å². The highest BCUT2D eigenvalue weighted by Crippen LogP contribution is 2.28. The van der Waals surface area contributed by atoms with Crippen molar-refractivity contribution in [2.45, 2.75) is 6.42 Å². The van der Waals surface area contributed by atoms with Gasteiger partial charge >= 0.3 is 0 Å². The van der Waals surface area contributed by atoms with E-state index in [1.807, 2.05) is 60.8 Å². The van der Waals surface area contributed by atoms with E-state index in [1.54, 1.807) is 12.4 Å². The molecule has 0 aliphatic rings. The van der Waals surface area contributed by atoms with Gasteiger partial charge in [0.25, 0.3) is 0 Å². The normalized spacial score (nSPS) is 10.7. The second-order valence-electron chi connectivity index (χ2n) is 6.15. The van der Waals surface area contributed by atoms with Gasteiger partial charge in [-0.1, -0.05) is 18.2 Å². The molecule has 2 aromatic carbocycles. The first-order valence-electron chi connectivity index (χ1n) is 8.50. The number of hydrogen-bond donors (Lipinski definition) is 3. The molecule has 6 heteroatoms. The maximum absolute atomic E-state index is 12.4. The third-order valence-electron chi connectivity index (χ3n) is 4.22. The van der Waals surface area contributed by atoms with Gasteiger partial charge in [0, 0.05) is 33.5 Å². The summed E-state index contributed by atoms with van der Waals surface area (Å²) in [5.74, 6) is -0.0559. The van der Waals surface area contributed by atoms with E-state index in [1.165, 1.54) is 0 Å². The summed E-state index contributed by atoms with van der Waals surface area (Å²) in [6, 6.07) is 17.4. The predicted octanol–water partition coefficient (Wildman–Crippen LogP) is 5.25. The minimum Gasteiger partial charge on any atom is -0.361 e. The monoisotopic (exact) mass is 420 g/mol. The molecule has 0 radical (unpaired) electrons. The molecule has 0 spiro atoms. The van der Waals surface area contributed by atoms with Gasteiger partial charge in [-0.2, -0.15) is 0 Å². The Hall–Kier alpha value is -3.12. The van der Waals surface area contributed by atoms with Crippen molar-refractivity contribution in [2.24, 2.45) is 0 Å². The minimum atomic E-state index is -0.0559. The van der Waals surface area contributed by atoms with Crippen LogP contribution in [-0.2, 0) is 11.2 Å². The van der Waals surface area contributed by atoms with Crippen LogP contribution in [0.3, 0.4) is 0 Å². The second kappa shape index (κ2) is 7.63. The molecule has 2 heterocycles. The molecule has 4 aromatic rings. The Bertz CT molecular complexity index is 1090. The third kappa shape index (κ3) is 4.01. The summed E-state index contributed by atoms with van der Waals surface area (Å²) in [6.45, 7) is 0. The number of para-hydroxylation sites is 1. The fraction of sp³-hybridized carbons (Fsp3) is 0.0476. The lowest BCUT2D eigenvalue weighted by molar-refractivity contribution is -0.115. The molecule has 2 aromatic heterocycles. The molecule has 0 saturated carbocycles. The quantitative estimate of drug-likeness (QED) is 0.412. The molecular formula is C21H17BrN4O. The summed E-state index contributed by atoms with van der Waals surface area (Å²) in [7, 11) is 0. The topological polar surface area (TPSA) is 69.8 Å². The minimum absolute atomic E-state index is 0.0559. The van der Waals surface area contributed by atoms with Crippen molar-refractivity contribution in [3.63, 3.8) is 0 Å². The van der Waals surface area contributed by atoms with Crippen LogP contribution in [0.15, 0.2) is 77.7 Å². The van der Waals surface area contributed by atoms with Gasteiger partial charge < -0.3 is 15.6 Å². The molecule has 0 aliphatic heterocycles. The summed E-state index contributed by atoms with van der Waals surface area (Å²) < 4.78 is 0.858. The van der Waals surface area contributed by atoms with E-state index in [9.17, 15) is 4.79 Å². The number of benzene rings is 2. The van der Waals surface area contributed by atoms with Crippen molar-refractivity contribution in [2.75, 3.05) is 10.6 Å². The molecule has 0 atom stereocenters. The highest BCUT2D eigenvalue weighted by molar-refractivity contribution is 9.10. The lowest BCUT2D eigenvalue weighted by atomic mass is 10.1. The third-order valence-corrected chi connectivity index (χ3v) is 4.88. The van der Waals surface area contributed by atoms with Crippen molar-refractivity contribution < 1.29 is 4.79 Å². The van der Waals surface area contributed by atoms with Crippen LogP contribution in [0.5, 0.6) is 0 Å². The summed E-state index contributed by atoms with van der Waals surface area (Å²) in [5.41, 5.74) is 4.56. The van der Waals surface area contributed by atoms with Crippen LogP contribution in [0, 0.1) is 0 Å². The number of nitrogens with zero attached hydrogens (tertiary/aromatic N) is 1. The molecule has 0 fully saturated rings. The predicted molar refractivity (Wildman–Crippen MR) is 112 cm³/mol. The van der Waals surface area contributed by atoms with Crippen molar-refractivity contribution in [1.82, 2.24) is 9.97 Å². The molecule has 0 saturated heterocycles. The number of halogens is 1. The van der Waals surface area contributed by atoms with Crippen molar-refractivity contribution >= 4 is 49.8 Å². The molecule has 0 bridgehead atoms. The number of fused-ring (bicyclic) bond motifs is 1. The SMILES string of the molecule is O=C(Cc1c[nH]c2ccccc12)Nc1ccc(Nc2cccnc2)c(Br)c1. The summed E-state index contributed by atoms with van der Waals surface area (Å²) in [6.07, 6.45) is 5.69. The smallest absolute Gasteiger partial charge is 0.228 e. The Morgan fingerprint density at radius 2 is 1.96 bits per heavy atom. The van der Waals surface area contributed by atoms with Crippen molar-refractivity contribution in [1.29, 1.82) is 0 Å². The van der Waals surface area contributed by atoms with Gasteiger partial charge in [-0.15, -0.1) is 0 Å². The van der Waals surface area contributed by atoms with E-state index in [4.69, 9.17) is 0 Å². The lowest BCUT2D eigenvalue weighted by Gasteiger charge is -2.11. The van der Waals surface area contributed by atoms with Crippen LogP contribution < -0.4 is 10.6 Å². The standard InChI is InChI=1S/C21H17BrN4O/c22-18-11-15(7-8-20(18)25-16-4-3-9-23-13-16)26-21(27)10-14-12-24-19-6-2-1-5-17(14)19/h1-9,11-13,24-25H,10H2,(H,26,27). The van der Waals surface area contributed by atoms with Gasteiger partial charge in [0.05, 0.1) is 24.0 Å². The zero-order valence-electron chi connectivity index (χ0n) is 14.4. The molecular weight excluding hydrogens is 404 g/mol. The number of rotatable bonds is 5. The first-order chi connectivity index (χ1) is 13.2. The van der Waals surface area contributed by atoms with Gasteiger partial charge in [0.1, 0.15) is 0 Å². The molecule has 1 amide bonds. The molecule has 4 rings (SSSR count). The van der Waals surface area contributed by atoms with Gasteiger partial charge in [0.2, 0.25) is 5.91 Å². The Kier molecular flexibility index (Phi) is 4.89. The zero-order chi connectivity index (χ0) is 18.6. The first-order valence-corrected chi connectivity index (χ1v) is 9.30. The van der Waals surface area contributed by atoms with Crippen molar-refractivity contribution in [3.8, 4) is 0 Å². The zero-order valence-corrected chi connectivity index (χ0v) is 16.0. The lowest BCUT2D eigenvalue weighted by Crippen LogP contribution is -2.14. The van der Waals surface area contributed by atoms with Crippen LogP contribution in [0.4, 0.5) is 17.1 Å². The molecule has 134 valence electrons. The van der Waals surface area contributed by atoms with Gasteiger partial charge in [-0.3, -0.25) is 9.78 Å². The molecule has 0 unspecified atom stereocenters. The maximum atomic E-state index is 12.4. The fourth-order valence-electron chi connectivity index (χ4n) is 2.94. The van der Waals surface area contributed by atoms with Crippen molar-refractivity contribution in [3.05, 3.63) is 83.2 Å². The molecule has 27 heavy (non-hydrogen) atoms. The van der Waals surface area contributed by atoms with Crippen LogP contribution >= 0.6 is 15.9 Å². The second-order valence-corrected chi connectivity index (χ2v) is 7.00. The van der Waals surface area contributed by atoms with Gasteiger partial charge in [0.15, 0.2) is 0 Å². The number of aromatic nitrogens is 2. The molecule has 3 N–H and O–H groups in total. The Morgan fingerprint density at radius 1 is 1.07 bits per heavy atom. The number of aromatic amines is 1. The highest BCUT2D eigenvalue weighted by Gasteiger charge is 2.10. The summed E-state index contributed by atoms with van der Waals surface area (Å²) in [5, 5.41) is 7.31. The first kappa shape index (κ1) is 17.3. The molecule has 0 aliphatic carbocycles. The average molecular weight is 421 g/mol. The number of carbonyl (C=O) groups is 1. The number of H-pyrrole nitrogens is 1. The number of amides is 1. The van der Waals surface area contributed by atoms with Gasteiger partial charge in [-0.05, 0) is 57.9 Å². The highest BCUT2D eigenvalue weighted by atomic mass is 79.9. The van der Waals surface area contributed by atoms with Crippen LogP contribution in [0.25, 0.3) is 10.9 Å². The fourth-order valence-corrected chi connectivity index (χ4v) is 3.42. The Labute approximate surface area is 165 Å². The van der Waals surface area contributed by atoms with E-state index >= 15 is 0 Å². The Morgan fingerprint density at radius 3 is 2.78 bits per heavy atom. The molecule has 5 nitrogen and oxygen atoms in total. The van der Waals surface area contributed by atoms with E-state index in [0.717, 1.165) is 38.0 Å². The number of hydrogen-bond acceptors (Lipinski definition) is 3. The number of pyridine rings is 1. The number of anilines is 3. The van der Waals surface area contributed by atoms with Crippen LogP contribution in [0.2, 0.25) is 0 Å². The average Bonchev–Trinajstić information content (AvgIpc) is 3.08. The summed E-state index contributed by atoms with van der Waals surface area (Å²) in [4.78, 5) is 19.7. The maximum Gasteiger partial charge on any atom is 0.228 e. The van der Waals surface area contributed by atoms with E-state index in [2.05, 4.69) is 36.5 Å². The number of carbonyl (C=O) groups excluding carboxylic acids is 1. The van der Waals surface area contributed by atoms with E-state index < -0.39 is 0 Å². The van der Waals surface area contributed by atoms with Crippen LogP contribution in [0.1, 0.15) is 5.56 Å². The van der Waals surface area contributed by atoms with Gasteiger partial charge in [-0.25, -0.2) is 0 Å². The summed E-state index contributed by atoms with van der Waals surface area (Å²) >= 11 is 3.55.